The molecule has 0 aliphatic heterocycles. The molecule has 27 heavy (non-hydrogen) atoms. The maximum atomic E-state index is 2.53. The van der Waals surface area contributed by atoms with Gasteiger partial charge in [-0.1, -0.05) is 57.8 Å². The first-order valence-electron chi connectivity index (χ1n) is 12.3. The van der Waals surface area contributed by atoms with Gasteiger partial charge in [-0.2, -0.15) is 0 Å². The van der Waals surface area contributed by atoms with Crippen LogP contribution in [0.25, 0.3) is 0 Å². The fourth-order valence-corrected chi connectivity index (χ4v) is 7.07. The van der Waals surface area contributed by atoms with Crippen LogP contribution in [0.4, 0.5) is 0 Å². The fourth-order valence-electron chi connectivity index (χ4n) is 7.07. The van der Waals surface area contributed by atoms with Crippen LogP contribution in [-0.2, 0) is 0 Å². The Morgan fingerprint density at radius 2 is 0.667 bits per heavy atom. The molecular formula is C27H42. The highest BCUT2D eigenvalue weighted by Gasteiger charge is 2.31. The lowest BCUT2D eigenvalue weighted by molar-refractivity contribution is 0.412. The second-order valence-electron chi connectivity index (χ2n) is 10.1. The van der Waals surface area contributed by atoms with Crippen molar-refractivity contribution in [2.75, 3.05) is 0 Å². The van der Waals surface area contributed by atoms with Crippen LogP contribution in [-0.4, -0.2) is 0 Å². The van der Waals surface area contributed by atoms with E-state index in [2.05, 4.69) is 20.8 Å². The quantitative estimate of drug-likeness (QED) is 0.501. The molecule has 0 heteroatoms. The average molecular weight is 367 g/mol. The first-order chi connectivity index (χ1) is 13.2. The van der Waals surface area contributed by atoms with Gasteiger partial charge in [0.25, 0.3) is 0 Å². The van der Waals surface area contributed by atoms with E-state index in [-0.39, 0.29) is 0 Å². The lowest BCUT2D eigenvalue weighted by Gasteiger charge is -2.36. The smallest absolute Gasteiger partial charge is 0.0156 e. The third-order valence-electron chi connectivity index (χ3n) is 8.51. The van der Waals surface area contributed by atoms with Crippen LogP contribution in [0.15, 0.2) is 0 Å². The van der Waals surface area contributed by atoms with E-state index >= 15 is 0 Å². The van der Waals surface area contributed by atoms with Crippen molar-refractivity contribution in [3.8, 4) is 0 Å². The summed E-state index contributed by atoms with van der Waals surface area (Å²) in [6.45, 7) is 7.51. The SMILES string of the molecule is Cc1c(C)c(C2CCCCC2)c(C2CCCCC2)c(C)c1C1CCCCC1. The average Bonchev–Trinajstić information content (AvgIpc) is 2.73. The molecule has 4 rings (SSSR count). The maximum Gasteiger partial charge on any atom is -0.0156 e. The largest absolute Gasteiger partial charge is 0.0533 e. The summed E-state index contributed by atoms with van der Waals surface area (Å²) in [6, 6.07) is 0. The number of benzene rings is 1. The summed E-state index contributed by atoms with van der Waals surface area (Å²) in [5.41, 5.74) is 10.6. The van der Waals surface area contributed by atoms with Crippen LogP contribution < -0.4 is 0 Å². The zero-order valence-corrected chi connectivity index (χ0v) is 18.3. The minimum atomic E-state index is 0.847. The Morgan fingerprint density at radius 1 is 0.370 bits per heavy atom. The maximum absolute atomic E-state index is 2.53. The minimum Gasteiger partial charge on any atom is -0.0533 e. The van der Waals surface area contributed by atoms with Crippen LogP contribution >= 0.6 is 0 Å². The second kappa shape index (κ2) is 8.71. The molecule has 0 heterocycles. The zero-order valence-electron chi connectivity index (χ0n) is 18.3. The second-order valence-corrected chi connectivity index (χ2v) is 10.1. The highest BCUT2D eigenvalue weighted by molar-refractivity contribution is 5.55. The van der Waals surface area contributed by atoms with Crippen LogP contribution in [0, 0.1) is 20.8 Å². The monoisotopic (exact) mass is 366 g/mol. The van der Waals surface area contributed by atoms with E-state index in [0.29, 0.717) is 0 Å². The molecule has 0 radical (unpaired) electrons. The van der Waals surface area contributed by atoms with E-state index in [4.69, 9.17) is 0 Å². The molecule has 3 saturated carbocycles. The predicted octanol–water partition coefficient (Wildman–Crippen LogP) is 8.75. The van der Waals surface area contributed by atoms with Gasteiger partial charge >= 0.3 is 0 Å². The van der Waals surface area contributed by atoms with Crippen molar-refractivity contribution in [3.05, 3.63) is 33.4 Å². The van der Waals surface area contributed by atoms with E-state index in [9.17, 15) is 0 Å². The van der Waals surface area contributed by atoms with Crippen molar-refractivity contribution < 1.29 is 0 Å². The van der Waals surface area contributed by atoms with Crippen molar-refractivity contribution in [1.82, 2.24) is 0 Å². The van der Waals surface area contributed by atoms with E-state index in [1.165, 1.54) is 96.3 Å². The van der Waals surface area contributed by atoms with Crippen molar-refractivity contribution in [1.29, 1.82) is 0 Å². The van der Waals surface area contributed by atoms with Gasteiger partial charge in [-0.3, -0.25) is 0 Å². The topological polar surface area (TPSA) is 0 Å². The molecule has 3 fully saturated rings. The molecule has 0 saturated heterocycles. The van der Waals surface area contributed by atoms with Crippen LogP contribution in [0.1, 0.15) is 147 Å². The third kappa shape index (κ3) is 3.88. The first kappa shape index (κ1) is 19.5. The van der Waals surface area contributed by atoms with Crippen molar-refractivity contribution in [3.63, 3.8) is 0 Å². The minimum absolute atomic E-state index is 0.847. The lowest BCUT2D eigenvalue weighted by atomic mass is 9.68. The summed E-state index contributed by atoms with van der Waals surface area (Å²) in [4.78, 5) is 0. The van der Waals surface area contributed by atoms with Crippen molar-refractivity contribution >= 4 is 0 Å². The highest BCUT2D eigenvalue weighted by Crippen LogP contribution is 2.48. The van der Waals surface area contributed by atoms with Gasteiger partial charge in [0.05, 0.1) is 0 Å². The summed E-state index contributed by atoms with van der Waals surface area (Å²) < 4.78 is 0. The van der Waals surface area contributed by atoms with Gasteiger partial charge in [-0.25, -0.2) is 0 Å². The van der Waals surface area contributed by atoms with Gasteiger partial charge in [0, 0.05) is 0 Å². The first-order valence-corrected chi connectivity index (χ1v) is 12.3. The van der Waals surface area contributed by atoms with Crippen LogP contribution in [0.2, 0.25) is 0 Å². The van der Waals surface area contributed by atoms with Gasteiger partial charge in [0.2, 0.25) is 0 Å². The Balaban J connectivity index is 1.83. The number of rotatable bonds is 3. The molecule has 0 N–H and O–H groups in total. The Labute approximate surface area is 168 Å². The van der Waals surface area contributed by atoms with Gasteiger partial charge in [-0.05, 0) is 110 Å². The Kier molecular flexibility index (Phi) is 6.30. The molecule has 3 aliphatic carbocycles. The molecule has 3 aliphatic rings. The lowest BCUT2D eigenvalue weighted by Crippen LogP contribution is -2.19. The van der Waals surface area contributed by atoms with E-state index in [1.807, 2.05) is 11.1 Å². The van der Waals surface area contributed by atoms with Gasteiger partial charge in [0.15, 0.2) is 0 Å². The van der Waals surface area contributed by atoms with E-state index < -0.39 is 0 Å². The van der Waals surface area contributed by atoms with Crippen LogP contribution in [0.5, 0.6) is 0 Å². The number of hydrogen-bond acceptors (Lipinski definition) is 0. The molecule has 0 spiro atoms. The zero-order chi connectivity index (χ0) is 18.8. The molecule has 1 aromatic rings. The molecule has 0 nitrogen and oxygen atoms in total. The van der Waals surface area contributed by atoms with Gasteiger partial charge in [0.1, 0.15) is 0 Å². The summed E-state index contributed by atoms with van der Waals surface area (Å²) in [7, 11) is 0. The van der Waals surface area contributed by atoms with Gasteiger partial charge in [-0.15, -0.1) is 0 Å². The van der Waals surface area contributed by atoms with Crippen molar-refractivity contribution in [2.45, 2.75) is 135 Å². The predicted molar refractivity (Wildman–Crippen MR) is 118 cm³/mol. The molecule has 150 valence electrons. The van der Waals surface area contributed by atoms with Gasteiger partial charge < -0.3 is 0 Å². The highest BCUT2D eigenvalue weighted by atomic mass is 14.4. The molecule has 0 atom stereocenters. The van der Waals surface area contributed by atoms with Crippen LogP contribution in [0.3, 0.4) is 0 Å². The van der Waals surface area contributed by atoms with E-state index in [0.717, 1.165) is 17.8 Å². The molecule has 0 aromatic heterocycles. The summed E-state index contributed by atoms with van der Waals surface area (Å²) >= 11 is 0. The standard InChI is InChI=1S/C27H42/c1-19-20(2)26(23-15-9-5-10-16-23)27(24-17-11-6-12-18-24)21(3)25(19)22-13-7-4-8-14-22/h22-24H,4-18H2,1-3H3. The number of hydrogen-bond donors (Lipinski definition) is 0. The molecule has 0 amide bonds. The van der Waals surface area contributed by atoms with Crippen molar-refractivity contribution in [2.24, 2.45) is 0 Å². The van der Waals surface area contributed by atoms with E-state index in [1.54, 1.807) is 22.3 Å². The third-order valence-corrected chi connectivity index (χ3v) is 8.51. The Hall–Kier alpha value is -0.780. The molecule has 0 unspecified atom stereocenters. The Morgan fingerprint density at radius 3 is 1.07 bits per heavy atom. The molecular weight excluding hydrogens is 324 g/mol. The summed E-state index contributed by atoms with van der Waals surface area (Å²) in [5, 5.41) is 0. The summed E-state index contributed by atoms with van der Waals surface area (Å²) in [6.07, 6.45) is 21.8. The fraction of sp³-hybridized carbons (Fsp3) is 0.778. The normalized spacial score (nSPS) is 23.7. The molecule has 0 bridgehead atoms. The molecule has 1 aromatic carbocycles. The summed E-state index contributed by atoms with van der Waals surface area (Å²) in [5.74, 6) is 2.56. The Bertz CT molecular complexity index is 635.